The van der Waals surface area contributed by atoms with E-state index in [1.165, 1.54) is 0 Å². The van der Waals surface area contributed by atoms with Gasteiger partial charge in [-0.25, -0.2) is 0 Å². The summed E-state index contributed by atoms with van der Waals surface area (Å²) >= 11 is 0. The number of carbonyl (C=O) groups is 1. The highest BCUT2D eigenvalue weighted by Gasteiger charge is 2.25. The Bertz CT molecular complexity index is 281. The van der Waals surface area contributed by atoms with E-state index >= 15 is 0 Å². The highest BCUT2D eigenvalue weighted by Crippen LogP contribution is 2.15. The van der Waals surface area contributed by atoms with Crippen LogP contribution in [0.3, 0.4) is 0 Å². The van der Waals surface area contributed by atoms with E-state index in [-0.39, 0.29) is 11.7 Å². The summed E-state index contributed by atoms with van der Waals surface area (Å²) < 4.78 is 31.0. The zero-order chi connectivity index (χ0) is 9.90. The fourth-order valence-electron chi connectivity index (χ4n) is 1.19. The highest BCUT2D eigenvalue weighted by molar-refractivity contribution is 7.86. The second kappa shape index (κ2) is 4.06. The first kappa shape index (κ1) is 10.5. The SMILES string of the molecule is COS(=O)(=O)C[C@H]1CCCC(=O)O1. The summed E-state index contributed by atoms with van der Waals surface area (Å²) in [6, 6.07) is 0. The molecule has 1 rings (SSSR count). The smallest absolute Gasteiger partial charge is 0.306 e. The third-order valence-electron chi connectivity index (χ3n) is 1.85. The third kappa shape index (κ3) is 3.31. The Kier molecular flexibility index (Phi) is 3.27. The van der Waals surface area contributed by atoms with Crippen molar-refractivity contribution in [2.75, 3.05) is 12.9 Å². The van der Waals surface area contributed by atoms with Gasteiger partial charge in [0.2, 0.25) is 0 Å². The first-order valence-corrected chi connectivity index (χ1v) is 5.59. The number of esters is 1. The zero-order valence-corrected chi connectivity index (χ0v) is 8.17. The molecular weight excluding hydrogens is 196 g/mol. The molecule has 0 saturated carbocycles. The Morgan fingerprint density at radius 1 is 1.62 bits per heavy atom. The second-order valence-corrected chi connectivity index (χ2v) is 4.68. The molecule has 1 aliphatic rings. The van der Waals surface area contributed by atoms with Gasteiger partial charge in [0.25, 0.3) is 10.1 Å². The molecule has 1 heterocycles. The maximum atomic E-state index is 11.0. The molecule has 0 bridgehead atoms. The number of rotatable bonds is 3. The van der Waals surface area contributed by atoms with Gasteiger partial charge in [0.15, 0.2) is 0 Å². The summed E-state index contributed by atoms with van der Waals surface area (Å²) in [6.07, 6.45) is 1.12. The molecule has 0 aromatic carbocycles. The van der Waals surface area contributed by atoms with Crippen molar-refractivity contribution in [3.8, 4) is 0 Å². The molecule has 1 fully saturated rings. The molecule has 0 spiro atoms. The van der Waals surface area contributed by atoms with Crippen LogP contribution >= 0.6 is 0 Å². The fourth-order valence-corrected chi connectivity index (χ4v) is 2.02. The summed E-state index contributed by atoms with van der Waals surface area (Å²) in [4.78, 5) is 10.8. The van der Waals surface area contributed by atoms with Crippen molar-refractivity contribution < 1.29 is 22.1 Å². The fraction of sp³-hybridized carbons (Fsp3) is 0.857. The maximum absolute atomic E-state index is 11.0. The quantitative estimate of drug-likeness (QED) is 0.484. The molecule has 0 radical (unpaired) electrons. The summed E-state index contributed by atoms with van der Waals surface area (Å²) in [5.74, 6) is -0.572. The van der Waals surface area contributed by atoms with Gasteiger partial charge in [-0.15, -0.1) is 0 Å². The number of hydrogen-bond donors (Lipinski definition) is 0. The lowest BCUT2D eigenvalue weighted by Gasteiger charge is -2.21. The lowest BCUT2D eigenvalue weighted by atomic mass is 10.1. The molecular formula is C7H12O5S. The Morgan fingerprint density at radius 2 is 2.31 bits per heavy atom. The predicted molar refractivity (Wildman–Crippen MR) is 44.5 cm³/mol. The predicted octanol–water partition coefficient (Wildman–Crippen LogP) is 0.0583. The number of ether oxygens (including phenoxy) is 1. The van der Waals surface area contributed by atoms with Crippen LogP contribution in [-0.2, 0) is 23.8 Å². The number of carbonyl (C=O) groups excluding carboxylic acids is 1. The van der Waals surface area contributed by atoms with Crippen LogP contribution in [0.5, 0.6) is 0 Å². The van der Waals surface area contributed by atoms with Crippen LogP contribution < -0.4 is 0 Å². The molecule has 5 nitrogen and oxygen atoms in total. The Balaban J connectivity index is 2.49. The van der Waals surface area contributed by atoms with Crippen LogP contribution in [0.15, 0.2) is 0 Å². The minimum absolute atomic E-state index is 0.241. The molecule has 0 amide bonds. The number of hydrogen-bond acceptors (Lipinski definition) is 5. The van der Waals surface area contributed by atoms with Crippen molar-refractivity contribution in [2.45, 2.75) is 25.4 Å². The molecule has 1 aliphatic heterocycles. The van der Waals surface area contributed by atoms with Gasteiger partial charge in [-0.1, -0.05) is 0 Å². The average molecular weight is 208 g/mol. The van der Waals surface area contributed by atoms with E-state index in [0.717, 1.165) is 7.11 Å². The van der Waals surface area contributed by atoms with Crippen molar-refractivity contribution >= 4 is 16.1 Å². The molecule has 0 aromatic rings. The van der Waals surface area contributed by atoms with Gasteiger partial charge in [0.1, 0.15) is 11.9 Å². The van der Waals surface area contributed by atoms with E-state index in [4.69, 9.17) is 4.74 Å². The first-order chi connectivity index (χ1) is 6.03. The molecule has 6 heteroatoms. The average Bonchev–Trinajstić information content (AvgIpc) is 2.03. The van der Waals surface area contributed by atoms with E-state index in [1.807, 2.05) is 0 Å². The van der Waals surface area contributed by atoms with Crippen molar-refractivity contribution in [3.63, 3.8) is 0 Å². The molecule has 1 saturated heterocycles. The van der Waals surface area contributed by atoms with Gasteiger partial charge in [-0.3, -0.25) is 8.98 Å². The van der Waals surface area contributed by atoms with Crippen LogP contribution in [0, 0.1) is 0 Å². The van der Waals surface area contributed by atoms with Crippen molar-refractivity contribution in [2.24, 2.45) is 0 Å². The molecule has 0 aliphatic carbocycles. The minimum Gasteiger partial charge on any atom is -0.461 e. The van der Waals surface area contributed by atoms with Gasteiger partial charge >= 0.3 is 5.97 Å². The van der Waals surface area contributed by atoms with Crippen molar-refractivity contribution in [1.82, 2.24) is 0 Å². The van der Waals surface area contributed by atoms with E-state index < -0.39 is 16.2 Å². The minimum atomic E-state index is -3.52. The van der Waals surface area contributed by atoms with Crippen molar-refractivity contribution in [1.29, 1.82) is 0 Å². The van der Waals surface area contributed by atoms with Gasteiger partial charge in [-0.2, -0.15) is 8.42 Å². The first-order valence-electron chi connectivity index (χ1n) is 4.01. The van der Waals surface area contributed by atoms with Crippen LogP contribution in [0.4, 0.5) is 0 Å². The monoisotopic (exact) mass is 208 g/mol. The molecule has 76 valence electrons. The highest BCUT2D eigenvalue weighted by atomic mass is 32.2. The summed E-state index contributed by atoms with van der Waals surface area (Å²) in [7, 11) is -2.42. The Morgan fingerprint density at radius 3 is 2.85 bits per heavy atom. The maximum Gasteiger partial charge on any atom is 0.306 e. The lowest BCUT2D eigenvalue weighted by Crippen LogP contribution is -2.30. The van der Waals surface area contributed by atoms with Gasteiger partial charge in [0.05, 0.1) is 7.11 Å². The topological polar surface area (TPSA) is 69.7 Å². The Labute approximate surface area is 77.1 Å². The van der Waals surface area contributed by atoms with Crippen LogP contribution in [0.1, 0.15) is 19.3 Å². The van der Waals surface area contributed by atoms with Crippen LogP contribution in [-0.4, -0.2) is 33.4 Å². The van der Waals surface area contributed by atoms with Crippen LogP contribution in [0.25, 0.3) is 0 Å². The molecule has 13 heavy (non-hydrogen) atoms. The van der Waals surface area contributed by atoms with Gasteiger partial charge in [0, 0.05) is 6.42 Å². The van der Waals surface area contributed by atoms with E-state index in [2.05, 4.69) is 4.18 Å². The van der Waals surface area contributed by atoms with Gasteiger partial charge in [-0.05, 0) is 12.8 Å². The van der Waals surface area contributed by atoms with Crippen molar-refractivity contribution in [3.05, 3.63) is 0 Å². The molecule has 0 aromatic heterocycles. The summed E-state index contributed by atoms with van der Waals surface area (Å²) in [5, 5.41) is 0. The van der Waals surface area contributed by atoms with E-state index in [1.54, 1.807) is 0 Å². The molecule has 1 atom stereocenters. The normalized spacial score (nSPS) is 24.1. The van der Waals surface area contributed by atoms with Crippen LogP contribution in [0.2, 0.25) is 0 Å². The van der Waals surface area contributed by atoms with Gasteiger partial charge < -0.3 is 4.74 Å². The van der Waals surface area contributed by atoms with E-state index in [0.29, 0.717) is 19.3 Å². The Hall–Kier alpha value is -0.620. The second-order valence-electron chi connectivity index (χ2n) is 2.90. The zero-order valence-electron chi connectivity index (χ0n) is 7.36. The largest absolute Gasteiger partial charge is 0.461 e. The summed E-state index contributed by atoms with van der Waals surface area (Å²) in [5.41, 5.74) is 0. The summed E-state index contributed by atoms with van der Waals surface area (Å²) in [6.45, 7) is 0. The third-order valence-corrected chi connectivity index (χ3v) is 3.14. The number of cyclic esters (lactones) is 1. The standard InChI is InChI=1S/C7H12O5S/c1-11-13(9,10)5-6-3-2-4-7(8)12-6/h6H,2-5H2,1H3/t6-/m1/s1. The molecule has 0 unspecified atom stereocenters. The lowest BCUT2D eigenvalue weighted by molar-refractivity contribution is -0.152. The molecule has 0 N–H and O–H groups in total. The van der Waals surface area contributed by atoms with E-state index in [9.17, 15) is 13.2 Å².